The molecule has 0 aliphatic heterocycles. The molecule has 0 amide bonds. The first-order chi connectivity index (χ1) is 8.33. The number of benzene rings is 1. The number of anilines is 1. The fourth-order valence-corrected chi connectivity index (χ4v) is 3.38. The average Bonchev–Trinajstić information content (AvgIpc) is 2.65. The molecule has 17 heavy (non-hydrogen) atoms. The Labute approximate surface area is 106 Å². The lowest BCUT2D eigenvalue weighted by Crippen LogP contribution is -2.15. The van der Waals surface area contributed by atoms with Crippen LogP contribution in [0.2, 0.25) is 0 Å². The molecule has 88 valence electrons. The van der Waals surface area contributed by atoms with Crippen LogP contribution in [0.25, 0.3) is 0 Å². The molecule has 2 nitrogen and oxygen atoms in total. The van der Waals surface area contributed by atoms with Gasteiger partial charge in [-0.25, -0.2) is 4.98 Å². The highest BCUT2D eigenvalue weighted by atomic mass is 32.1. The van der Waals surface area contributed by atoms with Gasteiger partial charge in [-0.05, 0) is 36.8 Å². The first-order valence-electron chi connectivity index (χ1n) is 6.16. The third-order valence-electron chi connectivity index (χ3n) is 3.60. The molecule has 3 heteroatoms. The maximum atomic E-state index is 5.78. The first-order valence-corrected chi connectivity index (χ1v) is 7.04. The van der Waals surface area contributed by atoms with Gasteiger partial charge in [0.2, 0.25) is 0 Å². The Bertz CT molecular complexity index is 518. The summed E-state index contributed by atoms with van der Waals surface area (Å²) in [7, 11) is 0. The standard InChI is InChI=1S/C14H16N2S/c15-14-16-13(9-17-14)12-7-3-6-10-4-1-2-5-11(10)8-12/h1-2,4-5,9,12H,3,6-8H2,(H2,15,16)/p+1. The second kappa shape index (κ2) is 4.49. The number of H-pyrrole nitrogens is 1. The minimum Gasteiger partial charge on any atom is -0.278 e. The summed E-state index contributed by atoms with van der Waals surface area (Å²) in [5, 5.41) is 2.99. The van der Waals surface area contributed by atoms with Crippen molar-refractivity contribution in [1.29, 1.82) is 0 Å². The van der Waals surface area contributed by atoms with Gasteiger partial charge in [0, 0.05) is 11.3 Å². The molecule has 1 aromatic heterocycles. The van der Waals surface area contributed by atoms with Crippen molar-refractivity contribution in [3.63, 3.8) is 0 Å². The van der Waals surface area contributed by atoms with Gasteiger partial charge in [0.1, 0.15) is 5.69 Å². The minimum absolute atomic E-state index is 0.604. The van der Waals surface area contributed by atoms with E-state index in [9.17, 15) is 0 Å². The molecular weight excluding hydrogens is 228 g/mol. The minimum atomic E-state index is 0.604. The normalized spacial score (nSPS) is 19.6. The predicted molar refractivity (Wildman–Crippen MR) is 71.1 cm³/mol. The van der Waals surface area contributed by atoms with Crippen molar-refractivity contribution < 1.29 is 4.98 Å². The number of hydrogen-bond donors (Lipinski definition) is 1. The number of thiazole rings is 1. The highest BCUT2D eigenvalue weighted by molar-refractivity contribution is 7.13. The Kier molecular flexibility index (Phi) is 2.85. The molecule has 0 fully saturated rings. The van der Waals surface area contributed by atoms with Crippen molar-refractivity contribution >= 4 is 16.5 Å². The summed E-state index contributed by atoms with van der Waals surface area (Å²) in [6.07, 6.45) is 4.88. The van der Waals surface area contributed by atoms with Gasteiger partial charge < -0.3 is 0 Å². The van der Waals surface area contributed by atoms with Gasteiger partial charge in [0.25, 0.3) is 0 Å². The van der Waals surface area contributed by atoms with Gasteiger partial charge in [-0.2, -0.15) is 0 Å². The topological polar surface area (TPSA) is 40.2 Å². The molecule has 0 saturated carbocycles. The molecule has 1 atom stereocenters. The van der Waals surface area contributed by atoms with Crippen LogP contribution in [0.15, 0.2) is 29.6 Å². The van der Waals surface area contributed by atoms with Crippen molar-refractivity contribution in [2.45, 2.75) is 31.6 Å². The molecule has 0 spiro atoms. The van der Waals surface area contributed by atoms with Gasteiger partial charge in [-0.3, -0.25) is 5.73 Å². The van der Waals surface area contributed by atoms with Crippen LogP contribution in [-0.4, -0.2) is 0 Å². The lowest BCUT2D eigenvalue weighted by Gasteiger charge is -2.10. The smallest absolute Gasteiger partial charge is 0.278 e. The van der Waals surface area contributed by atoms with Gasteiger partial charge in [0.15, 0.2) is 0 Å². The summed E-state index contributed by atoms with van der Waals surface area (Å²) in [6.45, 7) is 0. The molecule has 1 aliphatic rings. The number of fused-ring (bicyclic) bond motifs is 1. The number of aromatic nitrogens is 1. The van der Waals surface area contributed by atoms with E-state index in [4.69, 9.17) is 5.73 Å². The van der Waals surface area contributed by atoms with Crippen LogP contribution < -0.4 is 10.7 Å². The second-order valence-corrected chi connectivity index (χ2v) is 5.65. The molecule has 2 aromatic rings. The molecule has 0 saturated heterocycles. The van der Waals surface area contributed by atoms with Gasteiger partial charge >= 0.3 is 5.13 Å². The Morgan fingerprint density at radius 1 is 1.24 bits per heavy atom. The monoisotopic (exact) mass is 245 g/mol. The summed E-state index contributed by atoms with van der Waals surface area (Å²) in [6, 6.07) is 8.83. The van der Waals surface area contributed by atoms with E-state index in [1.807, 2.05) is 0 Å². The number of nitrogen functional groups attached to an aromatic ring is 1. The lowest BCUT2D eigenvalue weighted by molar-refractivity contribution is -0.369. The predicted octanol–water partition coefficient (Wildman–Crippen LogP) is 2.81. The zero-order valence-corrected chi connectivity index (χ0v) is 10.6. The van der Waals surface area contributed by atoms with E-state index in [1.54, 1.807) is 11.3 Å². The maximum Gasteiger partial charge on any atom is 0.329 e. The third-order valence-corrected chi connectivity index (χ3v) is 4.33. The van der Waals surface area contributed by atoms with E-state index in [2.05, 4.69) is 34.6 Å². The zero-order valence-electron chi connectivity index (χ0n) is 9.78. The second-order valence-electron chi connectivity index (χ2n) is 4.74. The first kappa shape index (κ1) is 10.8. The zero-order chi connectivity index (χ0) is 11.7. The molecule has 0 radical (unpaired) electrons. The Balaban J connectivity index is 1.90. The van der Waals surface area contributed by atoms with Crippen LogP contribution in [0.3, 0.4) is 0 Å². The van der Waals surface area contributed by atoms with E-state index in [0.29, 0.717) is 5.92 Å². The van der Waals surface area contributed by atoms with Crippen LogP contribution in [0.4, 0.5) is 5.13 Å². The van der Waals surface area contributed by atoms with Crippen molar-refractivity contribution in [2.24, 2.45) is 0 Å². The summed E-state index contributed by atoms with van der Waals surface area (Å²) in [5.41, 5.74) is 10.1. The fraction of sp³-hybridized carbons (Fsp3) is 0.357. The molecule has 1 aromatic carbocycles. The SMILES string of the molecule is Nc1[nH+]c(C2CCCc3ccccc3C2)cs1. The summed E-state index contributed by atoms with van der Waals surface area (Å²) < 4.78 is 0. The summed E-state index contributed by atoms with van der Waals surface area (Å²) in [4.78, 5) is 3.30. The molecule has 1 unspecified atom stereocenters. The van der Waals surface area contributed by atoms with Gasteiger partial charge in [-0.1, -0.05) is 35.6 Å². The van der Waals surface area contributed by atoms with Crippen LogP contribution in [-0.2, 0) is 12.8 Å². The Morgan fingerprint density at radius 3 is 2.82 bits per heavy atom. The molecule has 0 bridgehead atoms. The molecule has 3 rings (SSSR count). The number of rotatable bonds is 1. The van der Waals surface area contributed by atoms with Crippen LogP contribution in [0.5, 0.6) is 0 Å². The third kappa shape index (κ3) is 2.20. The van der Waals surface area contributed by atoms with E-state index in [1.165, 1.54) is 36.1 Å². The number of aryl methyl sites for hydroxylation is 1. The molecule has 1 aliphatic carbocycles. The van der Waals surface area contributed by atoms with Gasteiger partial charge in [0.05, 0.1) is 0 Å². The van der Waals surface area contributed by atoms with Crippen molar-refractivity contribution in [2.75, 3.05) is 5.73 Å². The summed E-state index contributed by atoms with van der Waals surface area (Å²) in [5.74, 6) is 0.604. The highest BCUT2D eigenvalue weighted by Crippen LogP contribution is 2.30. The number of nitrogens with two attached hydrogens (primary N) is 1. The van der Waals surface area contributed by atoms with E-state index in [0.717, 1.165) is 11.6 Å². The fourth-order valence-electron chi connectivity index (χ4n) is 2.70. The van der Waals surface area contributed by atoms with Crippen LogP contribution >= 0.6 is 11.3 Å². The number of hydrogen-bond acceptors (Lipinski definition) is 2. The Hall–Kier alpha value is -1.35. The van der Waals surface area contributed by atoms with E-state index >= 15 is 0 Å². The maximum absolute atomic E-state index is 5.78. The van der Waals surface area contributed by atoms with E-state index in [-0.39, 0.29) is 0 Å². The quantitative estimate of drug-likeness (QED) is 0.771. The number of aromatic amines is 1. The number of nitrogens with one attached hydrogen (secondary N) is 1. The van der Waals surface area contributed by atoms with Crippen LogP contribution in [0, 0.1) is 0 Å². The largest absolute Gasteiger partial charge is 0.329 e. The van der Waals surface area contributed by atoms with Crippen LogP contribution in [0.1, 0.15) is 35.6 Å². The van der Waals surface area contributed by atoms with Crippen molar-refractivity contribution in [1.82, 2.24) is 0 Å². The molecular formula is C14H17N2S+. The highest BCUT2D eigenvalue weighted by Gasteiger charge is 2.21. The average molecular weight is 245 g/mol. The Morgan fingerprint density at radius 2 is 2.06 bits per heavy atom. The molecule has 1 heterocycles. The van der Waals surface area contributed by atoms with Gasteiger partial charge in [-0.15, -0.1) is 0 Å². The van der Waals surface area contributed by atoms with E-state index < -0.39 is 0 Å². The summed E-state index contributed by atoms with van der Waals surface area (Å²) >= 11 is 1.61. The molecule has 3 N–H and O–H groups in total. The van der Waals surface area contributed by atoms with Crippen molar-refractivity contribution in [3.05, 3.63) is 46.5 Å². The lowest BCUT2D eigenvalue weighted by atomic mass is 9.94. The van der Waals surface area contributed by atoms with Crippen molar-refractivity contribution in [3.8, 4) is 0 Å².